The van der Waals surface area contributed by atoms with E-state index in [1.165, 1.54) is 18.5 Å². The van der Waals surface area contributed by atoms with Crippen molar-refractivity contribution in [2.24, 2.45) is 0 Å². The number of hydrogen-bond acceptors (Lipinski definition) is 5. The van der Waals surface area contributed by atoms with Crippen molar-refractivity contribution in [2.45, 2.75) is 24.8 Å². The van der Waals surface area contributed by atoms with Gasteiger partial charge < -0.3 is 5.32 Å². The first-order chi connectivity index (χ1) is 12.5. The Morgan fingerprint density at radius 1 is 1.08 bits per heavy atom. The minimum atomic E-state index is -3.82. The number of amides is 1. The molecule has 134 valence electrons. The number of carbonyl (C=O) groups is 1. The fraction of sp³-hybridized carbons (Fsp3) is 0.167. The Morgan fingerprint density at radius 2 is 1.77 bits per heavy atom. The minimum absolute atomic E-state index is 0.0576. The first-order valence-electron chi connectivity index (χ1n) is 8.09. The van der Waals surface area contributed by atoms with Crippen molar-refractivity contribution in [3.63, 3.8) is 0 Å². The Balaban J connectivity index is 1.80. The predicted molar refractivity (Wildman–Crippen MR) is 96.6 cm³/mol. The van der Waals surface area contributed by atoms with Gasteiger partial charge in [0.25, 0.3) is 10.0 Å². The van der Waals surface area contributed by atoms with Crippen LogP contribution in [0.2, 0.25) is 0 Å². The molecule has 3 rings (SSSR count). The summed E-state index contributed by atoms with van der Waals surface area (Å²) in [7, 11) is -3.82. The maximum absolute atomic E-state index is 12.7. The van der Waals surface area contributed by atoms with Crippen molar-refractivity contribution < 1.29 is 13.2 Å². The molecule has 7 nitrogen and oxygen atoms in total. The predicted octanol–water partition coefficient (Wildman–Crippen LogP) is 2.21. The molecule has 1 amide bonds. The SMILES string of the molecule is CCC(=O)NCc1ccc(S(=O)(=O)n2cnc(-c3ccccc3)n2)cc1. The third-order valence-corrected chi connectivity index (χ3v) is 5.32. The average molecular weight is 370 g/mol. The van der Waals surface area contributed by atoms with Gasteiger partial charge in [0.15, 0.2) is 5.82 Å². The minimum Gasteiger partial charge on any atom is -0.352 e. The van der Waals surface area contributed by atoms with Crippen molar-refractivity contribution in [3.05, 3.63) is 66.5 Å². The maximum Gasteiger partial charge on any atom is 0.284 e. The highest BCUT2D eigenvalue weighted by atomic mass is 32.2. The Kier molecular flexibility index (Phi) is 5.13. The largest absolute Gasteiger partial charge is 0.352 e. The summed E-state index contributed by atoms with van der Waals surface area (Å²) in [5.74, 6) is 0.283. The second-order valence-electron chi connectivity index (χ2n) is 5.59. The Morgan fingerprint density at radius 3 is 2.42 bits per heavy atom. The summed E-state index contributed by atoms with van der Waals surface area (Å²) in [6.07, 6.45) is 1.59. The van der Waals surface area contributed by atoms with Gasteiger partial charge in [0.2, 0.25) is 5.91 Å². The third kappa shape index (κ3) is 3.80. The molecule has 3 aromatic rings. The van der Waals surface area contributed by atoms with Gasteiger partial charge in [0, 0.05) is 18.5 Å². The number of benzene rings is 2. The zero-order valence-electron chi connectivity index (χ0n) is 14.2. The average Bonchev–Trinajstić information content (AvgIpc) is 3.18. The summed E-state index contributed by atoms with van der Waals surface area (Å²) in [6.45, 7) is 2.13. The first kappa shape index (κ1) is 17.8. The lowest BCUT2D eigenvalue weighted by molar-refractivity contribution is -0.120. The molecule has 0 spiro atoms. The maximum atomic E-state index is 12.7. The molecule has 1 aromatic heterocycles. The molecule has 26 heavy (non-hydrogen) atoms. The van der Waals surface area contributed by atoms with Gasteiger partial charge in [-0.1, -0.05) is 49.4 Å². The summed E-state index contributed by atoms with van der Waals surface area (Å²) in [4.78, 5) is 15.5. The highest BCUT2D eigenvalue weighted by molar-refractivity contribution is 7.89. The van der Waals surface area contributed by atoms with Crippen LogP contribution in [0.3, 0.4) is 0 Å². The summed E-state index contributed by atoms with van der Waals surface area (Å²) >= 11 is 0. The van der Waals surface area contributed by atoms with E-state index in [4.69, 9.17) is 0 Å². The van der Waals surface area contributed by atoms with E-state index < -0.39 is 10.0 Å². The van der Waals surface area contributed by atoms with Crippen molar-refractivity contribution in [3.8, 4) is 11.4 Å². The van der Waals surface area contributed by atoms with Crippen LogP contribution in [0.15, 0.2) is 65.8 Å². The molecule has 0 aliphatic heterocycles. The second kappa shape index (κ2) is 7.49. The molecule has 1 heterocycles. The van der Waals surface area contributed by atoms with Crippen molar-refractivity contribution in [2.75, 3.05) is 0 Å². The standard InChI is InChI=1S/C18H18N4O3S/c1-2-17(23)19-12-14-8-10-16(11-9-14)26(24,25)22-13-20-18(21-22)15-6-4-3-5-7-15/h3-11,13H,2,12H2,1H3,(H,19,23). The molecule has 0 aliphatic carbocycles. The van der Waals surface area contributed by atoms with Crippen molar-refractivity contribution in [1.29, 1.82) is 0 Å². The fourth-order valence-electron chi connectivity index (χ4n) is 2.30. The number of nitrogens with one attached hydrogen (secondary N) is 1. The van der Waals surface area contributed by atoms with Crippen molar-refractivity contribution in [1.82, 2.24) is 19.5 Å². The number of nitrogens with zero attached hydrogens (tertiary/aromatic N) is 3. The van der Waals surface area contributed by atoms with Gasteiger partial charge in [-0.25, -0.2) is 4.98 Å². The second-order valence-corrected chi connectivity index (χ2v) is 7.38. The fourth-order valence-corrected chi connectivity index (χ4v) is 3.35. The van der Waals surface area contributed by atoms with Gasteiger partial charge in [-0.05, 0) is 17.7 Å². The van der Waals surface area contributed by atoms with E-state index in [1.54, 1.807) is 19.1 Å². The lowest BCUT2D eigenvalue weighted by atomic mass is 10.2. The van der Waals surface area contributed by atoms with E-state index in [0.717, 1.165) is 15.2 Å². The third-order valence-electron chi connectivity index (χ3n) is 3.78. The molecular weight excluding hydrogens is 352 g/mol. The van der Waals surface area contributed by atoms with E-state index in [0.29, 0.717) is 18.8 Å². The molecule has 0 saturated heterocycles. The van der Waals surface area contributed by atoms with Crippen molar-refractivity contribution >= 4 is 15.9 Å². The molecular formula is C18H18N4O3S. The van der Waals surface area contributed by atoms with Gasteiger partial charge in [-0.3, -0.25) is 4.79 Å². The number of rotatable bonds is 6. The summed E-state index contributed by atoms with van der Waals surface area (Å²) in [5.41, 5.74) is 1.55. The molecule has 0 unspecified atom stereocenters. The number of carbonyl (C=O) groups excluding carboxylic acids is 1. The first-order valence-corrected chi connectivity index (χ1v) is 9.53. The van der Waals surface area contributed by atoms with Crippen LogP contribution in [-0.4, -0.2) is 28.5 Å². The van der Waals surface area contributed by atoms with Crippen LogP contribution in [-0.2, 0) is 21.4 Å². The van der Waals surface area contributed by atoms with E-state index >= 15 is 0 Å². The monoisotopic (exact) mass is 370 g/mol. The molecule has 0 radical (unpaired) electrons. The molecule has 1 N–H and O–H groups in total. The Labute approximate surface area is 151 Å². The molecule has 0 saturated carbocycles. The summed E-state index contributed by atoms with van der Waals surface area (Å²) < 4.78 is 26.3. The van der Waals surface area contributed by atoms with Crippen LogP contribution in [0.4, 0.5) is 0 Å². The van der Waals surface area contributed by atoms with Crippen LogP contribution in [0.1, 0.15) is 18.9 Å². The van der Waals surface area contributed by atoms with Gasteiger partial charge in [0.1, 0.15) is 6.33 Å². The van der Waals surface area contributed by atoms with Crippen LogP contribution in [0, 0.1) is 0 Å². The van der Waals surface area contributed by atoms with Crippen LogP contribution >= 0.6 is 0 Å². The molecule has 0 aliphatic rings. The van der Waals surface area contributed by atoms with Crippen LogP contribution < -0.4 is 5.32 Å². The number of hydrogen-bond donors (Lipinski definition) is 1. The van der Waals surface area contributed by atoms with Gasteiger partial charge in [-0.2, -0.15) is 8.42 Å². The van der Waals surface area contributed by atoms with E-state index in [9.17, 15) is 13.2 Å². The molecule has 0 atom stereocenters. The Hall–Kier alpha value is -3.00. The molecule has 0 fully saturated rings. The van der Waals surface area contributed by atoms with Crippen LogP contribution in [0.25, 0.3) is 11.4 Å². The summed E-state index contributed by atoms with van der Waals surface area (Å²) in [6, 6.07) is 15.5. The quantitative estimate of drug-likeness (QED) is 0.718. The zero-order valence-corrected chi connectivity index (χ0v) is 15.0. The highest BCUT2D eigenvalue weighted by Crippen LogP contribution is 2.17. The smallest absolute Gasteiger partial charge is 0.284 e. The number of aromatic nitrogens is 3. The van der Waals surface area contributed by atoms with E-state index in [2.05, 4.69) is 15.4 Å². The van der Waals surface area contributed by atoms with E-state index in [-0.39, 0.29) is 10.8 Å². The normalized spacial score (nSPS) is 11.3. The highest BCUT2D eigenvalue weighted by Gasteiger charge is 2.19. The van der Waals surface area contributed by atoms with Gasteiger partial charge >= 0.3 is 0 Å². The van der Waals surface area contributed by atoms with Crippen LogP contribution in [0.5, 0.6) is 0 Å². The lowest BCUT2D eigenvalue weighted by Crippen LogP contribution is -2.21. The Bertz CT molecular complexity index is 996. The summed E-state index contributed by atoms with van der Waals surface area (Å²) in [5, 5.41) is 6.83. The zero-order chi connectivity index (χ0) is 18.6. The van der Waals surface area contributed by atoms with E-state index in [1.807, 2.05) is 30.3 Å². The van der Waals surface area contributed by atoms with Gasteiger partial charge in [-0.15, -0.1) is 9.19 Å². The molecule has 0 bridgehead atoms. The lowest BCUT2D eigenvalue weighted by Gasteiger charge is -2.06. The topological polar surface area (TPSA) is 94.0 Å². The molecule has 2 aromatic carbocycles. The molecule has 8 heteroatoms. The van der Waals surface area contributed by atoms with Gasteiger partial charge in [0.05, 0.1) is 4.90 Å².